The van der Waals surface area contributed by atoms with Gasteiger partial charge in [0.05, 0.1) is 10.1 Å². The number of rotatable bonds is 4. The number of carbonyl (C=O) groups is 2. The van der Waals surface area contributed by atoms with Crippen molar-refractivity contribution in [1.29, 1.82) is 0 Å². The van der Waals surface area contributed by atoms with E-state index in [0.29, 0.717) is 10.1 Å². The van der Waals surface area contributed by atoms with Crippen LogP contribution in [0.1, 0.15) is 20.5 Å². The average Bonchev–Trinajstić information content (AvgIpc) is 2.98. The molecule has 1 N–H and O–H groups in total. The molecule has 0 atom stereocenters. The fourth-order valence-electron chi connectivity index (χ4n) is 1.61. The normalized spacial score (nSPS) is 15.2. The van der Waals surface area contributed by atoms with Crippen molar-refractivity contribution in [2.24, 2.45) is 0 Å². The summed E-state index contributed by atoms with van der Waals surface area (Å²) in [7, 11) is 1.50. The number of carbonyl (C=O) groups excluding carboxylic acids is 2. The fourth-order valence-corrected chi connectivity index (χ4v) is 4.47. The smallest absolute Gasteiger partial charge is 0.338 e. The van der Waals surface area contributed by atoms with Crippen LogP contribution in [-0.2, 0) is 9.53 Å². The molecule has 2 rings (SSSR count). The first kappa shape index (κ1) is 14.3. The van der Waals surface area contributed by atoms with Crippen LogP contribution in [0.2, 0.25) is 0 Å². The maximum atomic E-state index is 11.7. The molecule has 1 fully saturated rings. The summed E-state index contributed by atoms with van der Waals surface area (Å²) in [6.45, 7) is -0.245. The molecule has 1 aliphatic heterocycles. The number of likely N-dealkylation sites (N-methyl/N-ethyl adjacent to an activating group) is 1. The highest BCUT2D eigenvalue weighted by Crippen LogP contribution is 2.45. The van der Waals surface area contributed by atoms with Gasteiger partial charge in [-0.05, 0) is 17.7 Å². The van der Waals surface area contributed by atoms with E-state index in [2.05, 4.69) is 5.32 Å². The first-order chi connectivity index (χ1) is 9.20. The van der Waals surface area contributed by atoms with Gasteiger partial charge in [0.25, 0.3) is 5.91 Å². The predicted octanol–water partition coefficient (Wildman–Crippen LogP) is 2.07. The molecule has 19 heavy (non-hydrogen) atoms. The van der Waals surface area contributed by atoms with Crippen LogP contribution in [0.5, 0.6) is 0 Å². The second-order valence-electron chi connectivity index (χ2n) is 3.94. The van der Waals surface area contributed by atoms with E-state index in [1.54, 1.807) is 12.1 Å². The first-order valence-corrected chi connectivity index (χ1v) is 8.01. The number of hydrogen-bond acceptors (Lipinski definition) is 5. The zero-order chi connectivity index (χ0) is 13.7. The molecule has 1 saturated heterocycles. The molecule has 0 radical (unpaired) electrons. The summed E-state index contributed by atoms with van der Waals surface area (Å²) in [5.74, 6) is 1.56. The second-order valence-corrected chi connectivity index (χ2v) is 6.67. The highest BCUT2D eigenvalue weighted by atomic mass is 32.2. The Morgan fingerprint density at radius 3 is 2.47 bits per heavy atom. The number of hydrogen-bond donors (Lipinski definition) is 1. The third kappa shape index (κ3) is 3.91. The Kier molecular flexibility index (Phi) is 5.15. The minimum Gasteiger partial charge on any atom is -0.452 e. The van der Waals surface area contributed by atoms with Crippen molar-refractivity contribution in [2.75, 3.05) is 25.2 Å². The molecule has 6 heteroatoms. The molecule has 1 aromatic carbocycles. The molecule has 0 aliphatic carbocycles. The van der Waals surface area contributed by atoms with Crippen molar-refractivity contribution in [3.8, 4) is 0 Å². The Morgan fingerprint density at radius 1 is 1.26 bits per heavy atom. The van der Waals surface area contributed by atoms with Crippen LogP contribution in [0.25, 0.3) is 0 Å². The van der Waals surface area contributed by atoms with E-state index < -0.39 is 5.97 Å². The zero-order valence-electron chi connectivity index (χ0n) is 10.5. The van der Waals surface area contributed by atoms with Gasteiger partial charge in [-0.3, -0.25) is 4.79 Å². The Hall–Kier alpha value is -1.14. The van der Waals surface area contributed by atoms with Crippen LogP contribution in [0.15, 0.2) is 24.3 Å². The summed E-state index contributed by atoms with van der Waals surface area (Å²) < 4.78 is 5.35. The van der Waals surface area contributed by atoms with Gasteiger partial charge in [0.2, 0.25) is 0 Å². The molecular weight excluding hydrogens is 282 g/mol. The Labute approximate surface area is 120 Å². The quantitative estimate of drug-likeness (QED) is 0.862. The summed E-state index contributed by atoms with van der Waals surface area (Å²) in [5.41, 5.74) is 1.69. The summed E-state index contributed by atoms with van der Waals surface area (Å²) in [5, 5.41) is 2.40. The highest BCUT2D eigenvalue weighted by Gasteiger charge is 2.18. The number of esters is 1. The van der Waals surface area contributed by atoms with Gasteiger partial charge in [0, 0.05) is 18.6 Å². The lowest BCUT2D eigenvalue weighted by atomic mass is 10.1. The minimum absolute atomic E-state index is 0.245. The van der Waals surface area contributed by atoms with E-state index in [4.69, 9.17) is 4.74 Å². The van der Waals surface area contributed by atoms with Crippen LogP contribution in [0.3, 0.4) is 0 Å². The third-order valence-corrected chi connectivity index (χ3v) is 5.76. The SMILES string of the molecule is CNC(=O)COC(=O)c1ccc(C2SCCS2)cc1. The molecule has 0 bridgehead atoms. The molecule has 0 unspecified atom stereocenters. The van der Waals surface area contributed by atoms with Gasteiger partial charge in [0.1, 0.15) is 0 Å². The van der Waals surface area contributed by atoms with E-state index in [0.717, 1.165) is 0 Å². The molecule has 0 saturated carbocycles. The molecule has 1 aliphatic rings. The van der Waals surface area contributed by atoms with Crippen LogP contribution in [-0.4, -0.2) is 37.0 Å². The van der Waals surface area contributed by atoms with Crippen molar-refractivity contribution in [3.05, 3.63) is 35.4 Å². The van der Waals surface area contributed by atoms with E-state index in [-0.39, 0.29) is 12.5 Å². The molecule has 0 spiro atoms. The molecule has 4 nitrogen and oxygen atoms in total. The van der Waals surface area contributed by atoms with Crippen molar-refractivity contribution < 1.29 is 14.3 Å². The predicted molar refractivity (Wildman–Crippen MR) is 78.4 cm³/mol. The number of benzene rings is 1. The largest absolute Gasteiger partial charge is 0.452 e. The number of ether oxygens (including phenoxy) is 1. The minimum atomic E-state index is -0.470. The maximum Gasteiger partial charge on any atom is 0.338 e. The standard InChI is InChI=1S/C13H15NO3S2/c1-14-11(15)8-17-12(16)9-2-4-10(5-3-9)13-18-6-7-19-13/h2-5,13H,6-8H2,1H3,(H,14,15). The van der Waals surface area contributed by atoms with Crippen molar-refractivity contribution in [2.45, 2.75) is 4.58 Å². The van der Waals surface area contributed by atoms with Gasteiger partial charge < -0.3 is 10.1 Å². The monoisotopic (exact) mass is 297 g/mol. The second kappa shape index (κ2) is 6.86. The average molecular weight is 297 g/mol. The Morgan fingerprint density at radius 2 is 1.89 bits per heavy atom. The zero-order valence-corrected chi connectivity index (χ0v) is 12.2. The molecule has 1 aromatic rings. The summed E-state index contributed by atoms with van der Waals surface area (Å²) >= 11 is 3.84. The molecular formula is C13H15NO3S2. The van der Waals surface area contributed by atoms with E-state index in [1.807, 2.05) is 35.7 Å². The van der Waals surface area contributed by atoms with Crippen molar-refractivity contribution >= 4 is 35.4 Å². The Balaban J connectivity index is 1.93. The first-order valence-electron chi connectivity index (χ1n) is 5.91. The van der Waals surface area contributed by atoms with Gasteiger partial charge >= 0.3 is 5.97 Å². The summed E-state index contributed by atoms with van der Waals surface area (Å²) in [6.07, 6.45) is 0. The fraction of sp³-hybridized carbons (Fsp3) is 0.385. The van der Waals surface area contributed by atoms with Crippen molar-refractivity contribution in [3.63, 3.8) is 0 Å². The summed E-state index contributed by atoms with van der Waals surface area (Å²) in [6, 6.07) is 7.40. The van der Waals surface area contributed by atoms with Crippen LogP contribution in [0.4, 0.5) is 0 Å². The van der Waals surface area contributed by atoms with Crippen molar-refractivity contribution in [1.82, 2.24) is 5.32 Å². The van der Waals surface area contributed by atoms with Gasteiger partial charge in [-0.25, -0.2) is 4.79 Å². The summed E-state index contributed by atoms with van der Waals surface area (Å²) in [4.78, 5) is 22.7. The number of nitrogens with one attached hydrogen (secondary N) is 1. The highest BCUT2D eigenvalue weighted by molar-refractivity contribution is 8.19. The molecule has 0 aromatic heterocycles. The van der Waals surface area contributed by atoms with Crippen LogP contribution >= 0.6 is 23.5 Å². The molecule has 1 heterocycles. The number of amides is 1. The van der Waals surface area contributed by atoms with Crippen LogP contribution in [0, 0.1) is 0 Å². The lowest BCUT2D eigenvalue weighted by molar-refractivity contribution is -0.123. The van der Waals surface area contributed by atoms with Gasteiger partial charge in [-0.1, -0.05) is 12.1 Å². The lowest BCUT2D eigenvalue weighted by Crippen LogP contribution is -2.25. The third-order valence-electron chi connectivity index (χ3n) is 2.65. The van der Waals surface area contributed by atoms with E-state index >= 15 is 0 Å². The van der Waals surface area contributed by atoms with Crippen LogP contribution < -0.4 is 5.32 Å². The number of thioether (sulfide) groups is 2. The topological polar surface area (TPSA) is 55.4 Å². The Bertz CT molecular complexity index is 455. The van der Waals surface area contributed by atoms with E-state index in [9.17, 15) is 9.59 Å². The van der Waals surface area contributed by atoms with Gasteiger partial charge in [-0.15, -0.1) is 23.5 Å². The molecule has 1 amide bonds. The van der Waals surface area contributed by atoms with Gasteiger partial charge in [0.15, 0.2) is 6.61 Å². The maximum absolute atomic E-state index is 11.7. The lowest BCUT2D eigenvalue weighted by Gasteiger charge is -2.09. The van der Waals surface area contributed by atoms with E-state index in [1.165, 1.54) is 24.1 Å². The molecule has 102 valence electrons. The van der Waals surface area contributed by atoms with Gasteiger partial charge in [-0.2, -0.15) is 0 Å².